The Labute approximate surface area is 136 Å². The van der Waals surface area contributed by atoms with Gasteiger partial charge in [-0.05, 0) is 24.6 Å². The van der Waals surface area contributed by atoms with Crippen LogP contribution < -0.4 is 4.90 Å². The zero-order valence-corrected chi connectivity index (χ0v) is 13.6. The molecule has 0 radical (unpaired) electrons. The molecule has 114 valence electrons. The van der Waals surface area contributed by atoms with E-state index in [-0.39, 0.29) is 0 Å². The van der Waals surface area contributed by atoms with Crippen LogP contribution in [-0.2, 0) is 5.75 Å². The van der Waals surface area contributed by atoms with Gasteiger partial charge in [0, 0.05) is 24.6 Å². The highest BCUT2D eigenvalue weighted by Crippen LogP contribution is 2.36. The Morgan fingerprint density at radius 1 is 1.32 bits per heavy atom. The number of anilines is 1. The van der Waals surface area contributed by atoms with Crippen LogP contribution in [0.4, 0.5) is 13.9 Å². The van der Waals surface area contributed by atoms with Gasteiger partial charge in [-0.15, -0.1) is 11.8 Å². The Morgan fingerprint density at radius 3 is 2.91 bits per heavy atom. The van der Waals surface area contributed by atoms with Crippen LogP contribution in [0.3, 0.4) is 0 Å². The minimum atomic E-state index is -0.549. The first-order valence-corrected chi connectivity index (χ1v) is 8.58. The summed E-state index contributed by atoms with van der Waals surface area (Å²) in [7, 11) is 0. The van der Waals surface area contributed by atoms with Gasteiger partial charge in [-0.25, -0.2) is 13.8 Å². The second-order valence-electron chi connectivity index (χ2n) is 4.82. The molecule has 1 aliphatic rings. The second kappa shape index (κ2) is 6.62. The van der Waals surface area contributed by atoms with Gasteiger partial charge in [-0.2, -0.15) is 0 Å². The highest BCUT2D eigenvalue weighted by Gasteiger charge is 2.14. The third kappa shape index (κ3) is 3.39. The summed E-state index contributed by atoms with van der Waals surface area (Å²) >= 11 is 3.12. The predicted molar refractivity (Wildman–Crippen MR) is 88.4 cm³/mol. The molecule has 0 atom stereocenters. The van der Waals surface area contributed by atoms with E-state index in [0.29, 0.717) is 11.3 Å². The highest BCUT2D eigenvalue weighted by atomic mass is 32.2. The monoisotopic (exact) mass is 336 g/mol. The molecule has 3 rings (SSSR count). The number of thioether (sulfide) groups is 1. The van der Waals surface area contributed by atoms with Gasteiger partial charge in [0.1, 0.15) is 11.6 Å². The minimum Gasteiger partial charge on any atom is -0.321 e. The molecule has 22 heavy (non-hydrogen) atoms. The van der Waals surface area contributed by atoms with E-state index in [1.165, 1.54) is 23.9 Å². The molecule has 0 spiro atoms. The van der Waals surface area contributed by atoms with Crippen LogP contribution in [0.2, 0.25) is 0 Å². The van der Waals surface area contributed by atoms with E-state index < -0.39 is 11.6 Å². The fourth-order valence-corrected chi connectivity index (χ4v) is 4.22. The molecule has 6 heteroatoms. The topological polar surface area (TPSA) is 16.1 Å². The predicted octanol–water partition coefficient (Wildman–Crippen LogP) is 4.91. The first-order chi connectivity index (χ1) is 10.6. The van der Waals surface area contributed by atoms with Crippen LogP contribution >= 0.6 is 23.1 Å². The Hall–Kier alpha value is -1.66. The van der Waals surface area contributed by atoms with Gasteiger partial charge in [0.15, 0.2) is 5.13 Å². The summed E-state index contributed by atoms with van der Waals surface area (Å²) in [5.74, 6) is -0.587. The van der Waals surface area contributed by atoms with E-state index in [4.69, 9.17) is 0 Å². The molecule has 0 N–H and O–H groups in total. The molecule has 0 saturated heterocycles. The van der Waals surface area contributed by atoms with Gasteiger partial charge in [0.05, 0.1) is 9.90 Å². The Morgan fingerprint density at radius 2 is 2.18 bits per heavy atom. The van der Waals surface area contributed by atoms with Crippen LogP contribution in [-0.4, -0.2) is 11.5 Å². The maximum atomic E-state index is 13.7. The van der Waals surface area contributed by atoms with Crippen molar-refractivity contribution in [1.29, 1.82) is 0 Å². The van der Waals surface area contributed by atoms with Gasteiger partial charge in [-0.1, -0.05) is 29.6 Å². The number of thiazole rings is 1. The summed E-state index contributed by atoms with van der Waals surface area (Å²) in [6.07, 6.45) is 8.04. The number of aromatic nitrogens is 1. The average Bonchev–Trinajstić information content (AvgIpc) is 2.88. The lowest BCUT2D eigenvalue weighted by Crippen LogP contribution is -2.16. The Bertz CT molecular complexity index is 738. The molecule has 2 heterocycles. The molecule has 0 unspecified atom stereocenters. The summed E-state index contributed by atoms with van der Waals surface area (Å²) < 4.78 is 27.6. The molecule has 1 aliphatic heterocycles. The van der Waals surface area contributed by atoms with Crippen molar-refractivity contribution in [3.05, 3.63) is 65.5 Å². The van der Waals surface area contributed by atoms with Crippen molar-refractivity contribution in [2.45, 2.75) is 16.9 Å². The van der Waals surface area contributed by atoms with E-state index in [1.54, 1.807) is 11.3 Å². The fourth-order valence-electron chi connectivity index (χ4n) is 2.02. The van der Waals surface area contributed by atoms with Crippen molar-refractivity contribution < 1.29 is 8.78 Å². The molecule has 0 bridgehead atoms. The van der Waals surface area contributed by atoms with E-state index >= 15 is 0 Å². The molecule has 0 aliphatic carbocycles. The molecule has 2 nitrogen and oxygen atoms in total. The number of hydrogen-bond acceptors (Lipinski definition) is 4. The first kappa shape index (κ1) is 15.2. The smallest absolute Gasteiger partial charge is 0.190 e. The SMILES string of the molecule is Cc1nc(N2C=CC=CC2)sc1SCc1ccc(F)cc1F. The fraction of sp³-hybridized carbons (Fsp3) is 0.188. The summed E-state index contributed by atoms with van der Waals surface area (Å²) in [6.45, 7) is 2.76. The quantitative estimate of drug-likeness (QED) is 0.738. The van der Waals surface area contributed by atoms with Crippen LogP contribution in [0.5, 0.6) is 0 Å². The number of aryl methyl sites for hydroxylation is 1. The van der Waals surface area contributed by atoms with Gasteiger partial charge in [0.2, 0.25) is 0 Å². The van der Waals surface area contributed by atoms with Crippen LogP contribution in [0, 0.1) is 18.6 Å². The maximum absolute atomic E-state index is 13.7. The molecular formula is C16H14F2N2S2. The zero-order chi connectivity index (χ0) is 15.5. The minimum absolute atomic E-state index is 0.463. The molecule has 1 aromatic heterocycles. The second-order valence-corrected chi connectivity index (χ2v) is 7.04. The van der Waals surface area contributed by atoms with Gasteiger partial charge in [-0.3, -0.25) is 0 Å². The van der Waals surface area contributed by atoms with Crippen molar-refractivity contribution in [2.75, 3.05) is 11.4 Å². The number of rotatable bonds is 4. The Balaban J connectivity index is 1.71. The van der Waals surface area contributed by atoms with Gasteiger partial charge < -0.3 is 4.90 Å². The largest absolute Gasteiger partial charge is 0.321 e. The molecule has 0 saturated carbocycles. The van der Waals surface area contributed by atoms with E-state index in [2.05, 4.69) is 16.0 Å². The maximum Gasteiger partial charge on any atom is 0.190 e. The van der Waals surface area contributed by atoms with Gasteiger partial charge in [0.25, 0.3) is 0 Å². The molecule has 2 aromatic rings. The summed E-state index contributed by atoms with van der Waals surface area (Å²) in [6, 6.07) is 3.70. The number of nitrogens with zero attached hydrogens (tertiary/aromatic N) is 2. The number of allylic oxidation sites excluding steroid dienone is 2. The number of benzene rings is 1. The van der Waals surface area contributed by atoms with Crippen molar-refractivity contribution in [2.24, 2.45) is 0 Å². The lowest BCUT2D eigenvalue weighted by molar-refractivity contribution is 0.576. The Kier molecular flexibility index (Phi) is 4.59. The number of halogens is 2. The van der Waals surface area contributed by atoms with E-state index in [9.17, 15) is 8.78 Å². The lowest BCUT2D eigenvalue weighted by atomic mass is 10.2. The standard InChI is InChI=1S/C16H14F2N2S2/c1-11-15(21-10-12-5-6-13(17)9-14(12)18)22-16(19-11)20-7-3-2-4-8-20/h2-7,9H,8,10H2,1H3. The molecule has 0 amide bonds. The average molecular weight is 336 g/mol. The van der Waals surface area contributed by atoms with Crippen LogP contribution in [0.1, 0.15) is 11.3 Å². The van der Waals surface area contributed by atoms with E-state index in [0.717, 1.165) is 27.6 Å². The molecular weight excluding hydrogens is 322 g/mol. The normalized spacial score (nSPS) is 13.9. The zero-order valence-electron chi connectivity index (χ0n) is 11.9. The third-order valence-corrected chi connectivity index (χ3v) is 5.78. The number of hydrogen-bond donors (Lipinski definition) is 0. The summed E-state index contributed by atoms with van der Waals surface area (Å²) in [5, 5.41) is 0.931. The molecule has 0 fully saturated rings. The molecule has 1 aromatic carbocycles. The van der Waals surface area contributed by atoms with Crippen molar-refractivity contribution in [1.82, 2.24) is 4.98 Å². The first-order valence-electron chi connectivity index (χ1n) is 6.77. The van der Waals surface area contributed by atoms with Gasteiger partial charge >= 0.3 is 0 Å². The van der Waals surface area contributed by atoms with Crippen LogP contribution in [0.15, 0.2) is 46.8 Å². The van der Waals surface area contributed by atoms with Crippen molar-refractivity contribution in [3.63, 3.8) is 0 Å². The third-order valence-electron chi connectivity index (χ3n) is 3.18. The van der Waals surface area contributed by atoms with Crippen molar-refractivity contribution in [3.8, 4) is 0 Å². The summed E-state index contributed by atoms with van der Waals surface area (Å²) in [4.78, 5) is 6.64. The van der Waals surface area contributed by atoms with Crippen molar-refractivity contribution >= 4 is 28.2 Å². The highest BCUT2D eigenvalue weighted by molar-refractivity contribution is 8.00. The van der Waals surface area contributed by atoms with Crippen LogP contribution in [0.25, 0.3) is 0 Å². The summed E-state index contributed by atoms with van der Waals surface area (Å²) in [5.41, 5.74) is 1.44. The lowest BCUT2D eigenvalue weighted by Gasteiger charge is -2.16. The van der Waals surface area contributed by atoms with E-state index in [1.807, 2.05) is 25.3 Å².